The van der Waals surface area contributed by atoms with Crippen molar-refractivity contribution in [2.75, 3.05) is 20.3 Å². The summed E-state index contributed by atoms with van der Waals surface area (Å²) >= 11 is 0. The molecule has 13 heavy (non-hydrogen) atoms. The van der Waals surface area contributed by atoms with Gasteiger partial charge in [-0.15, -0.1) is 0 Å². The average Bonchev–Trinajstić information content (AvgIpc) is 2.16. The number of hydrogen-bond donors (Lipinski definition) is 1. The number of ether oxygens (including phenoxy) is 2. The molecule has 1 rings (SSSR count). The van der Waals surface area contributed by atoms with Gasteiger partial charge in [0.05, 0.1) is 5.60 Å². The zero-order valence-electron chi connectivity index (χ0n) is 7.66. The van der Waals surface area contributed by atoms with Gasteiger partial charge in [0.25, 0.3) is 0 Å². The highest BCUT2D eigenvalue weighted by molar-refractivity contribution is 5.79. The van der Waals surface area contributed by atoms with Crippen molar-refractivity contribution >= 4 is 5.97 Å². The molecule has 0 aliphatic carbocycles. The van der Waals surface area contributed by atoms with Crippen LogP contribution < -0.4 is 0 Å². The van der Waals surface area contributed by atoms with E-state index in [9.17, 15) is 4.79 Å². The average molecular weight is 186 g/mol. The fourth-order valence-electron chi connectivity index (χ4n) is 1.38. The molecule has 1 saturated heterocycles. The third kappa shape index (κ3) is 2.82. The van der Waals surface area contributed by atoms with E-state index in [4.69, 9.17) is 14.6 Å². The summed E-state index contributed by atoms with van der Waals surface area (Å²) in [5.41, 5.74) is -0.434. The monoisotopic (exact) mass is 186 g/mol. The second-order valence-corrected chi connectivity index (χ2v) is 3.05. The molecule has 1 aliphatic heterocycles. The number of aliphatic carboxylic acids is 1. The van der Waals surface area contributed by atoms with Gasteiger partial charge in [-0.25, -0.2) is 4.79 Å². The van der Waals surface area contributed by atoms with Gasteiger partial charge in [-0.1, -0.05) is 0 Å². The lowest BCUT2D eigenvalue weighted by Gasteiger charge is -2.32. The highest BCUT2D eigenvalue weighted by atomic mass is 16.5. The standard InChI is InChI=1S/C9H14O4/c1-12-9(3-2-8(10)11)4-6-13-7-5-9/h2-3H,4-7H2,1H3,(H,10,11)/b3-2+. The van der Waals surface area contributed by atoms with Gasteiger partial charge < -0.3 is 14.6 Å². The fraction of sp³-hybridized carbons (Fsp3) is 0.667. The lowest BCUT2D eigenvalue weighted by atomic mass is 9.93. The Labute approximate surface area is 77.1 Å². The van der Waals surface area contributed by atoms with Crippen LogP contribution >= 0.6 is 0 Å². The van der Waals surface area contributed by atoms with Crippen LogP contribution in [-0.2, 0) is 14.3 Å². The van der Waals surface area contributed by atoms with Gasteiger partial charge in [-0.3, -0.25) is 0 Å². The molecule has 1 fully saturated rings. The Morgan fingerprint density at radius 1 is 1.54 bits per heavy atom. The summed E-state index contributed by atoms with van der Waals surface area (Å²) in [6.07, 6.45) is 4.17. The maximum Gasteiger partial charge on any atom is 0.328 e. The molecular formula is C9H14O4. The zero-order chi connectivity index (χ0) is 9.73. The Morgan fingerprint density at radius 2 is 2.15 bits per heavy atom. The SMILES string of the molecule is COC1(/C=C/C(=O)O)CCOCC1. The first-order chi connectivity index (χ1) is 6.18. The van der Waals surface area contributed by atoms with E-state index < -0.39 is 11.6 Å². The first-order valence-corrected chi connectivity index (χ1v) is 4.24. The van der Waals surface area contributed by atoms with Gasteiger partial charge in [-0.05, 0) is 6.08 Å². The Bertz CT molecular complexity index is 204. The van der Waals surface area contributed by atoms with E-state index in [2.05, 4.69) is 0 Å². The van der Waals surface area contributed by atoms with E-state index in [0.29, 0.717) is 26.1 Å². The molecule has 1 aliphatic rings. The summed E-state index contributed by atoms with van der Waals surface area (Å²) in [7, 11) is 1.59. The minimum atomic E-state index is -0.942. The number of carbonyl (C=O) groups is 1. The Kier molecular flexibility index (Phi) is 3.45. The highest BCUT2D eigenvalue weighted by Crippen LogP contribution is 2.25. The molecule has 0 radical (unpaired) electrons. The summed E-state index contributed by atoms with van der Waals surface area (Å²) in [5, 5.41) is 8.48. The van der Waals surface area contributed by atoms with Crippen molar-refractivity contribution in [1.29, 1.82) is 0 Å². The van der Waals surface area contributed by atoms with Crippen LogP contribution in [0.1, 0.15) is 12.8 Å². The summed E-state index contributed by atoms with van der Waals surface area (Å²) in [5.74, 6) is -0.942. The van der Waals surface area contributed by atoms with Crippen LogP contribution in [0.2, 0.25) is 0 Å². The number of carboxylic acids is 1. The molecule has 0 amide bonds. The quantitative estimate of drug-likeness (QED) is 0.663. The predicted molar refractivity (Wildman–Crippen MR) is 46.6 cm³/mol. The highest BCUT2D eigenvalue weighted by Gasteiger charge is 2.29. The van der Waals surface area contributed by atoms with Crippen LogP contribution in [0.25, 0.3) is 0 Å². The molecule has 1 heterocycles. The van der Waals surface area contributed by atoms with Gasteiger partial charge in [0.2, 0.25) is 0 Å². The third-order valence-electron chi connectivity index (χ3n) is 2.28. The first-order valence-electron chi connectivity index (χ1n) is 4.24. The zero-order valence-corrected chi connectivity index (χ0v) is 7.66. The van der Waals surface area contributed by atoms with Crippen molar-refractivity contribution in [3.05, 3.63) is 12.2 Å². The predicted octanol–water partition coefficient (Wildman–Crippen LogP) is 0.823. The lowest BCUT2D eigenvalue weighted by Crippen LogP contribution is -2.36. The van der Waals surface area contributed by atoms with Gasteiger partial charge in [0, 0.05) is 39.2 Å². The van der Waals surface area contributed by atoms with Crippen LogP contribution in [0.5, 0.6) is 0 Å². The molecule has 0 unspecified atom stereocenters. The Balaban J connectivity index is 2.62. The molecule has 0 aromatic heterocycles. The van der Waals surface area contributed by atoms with Gasteiger partial charge in [0.15, 0.2) is 0 Å². The van der Waals surface area contributed by atoms with Crippen molar-refractivity contribution in [2.24, 2.45) is 0 Å². The maximum atomic E-state index is 10.3. The topological polar surface area (TPSA) is 55.8 Å². The summed E-state index contributed by atoms with van der Waals surface area (Å²) in [6.45, 7) is 1.25. The van der Waals surface area contributed by atoms with E-state index in [-0.39, 0.29) is 0 Å². The summed E-state index contributed by atoms with van der Waals surface area (Å²) < 4.78 is 10.5. The minimum Gasteiger partial charge on any atom is -0.478 e. The molecule has 0 bridgehead atoms. The van der Waals surface area contributed by atoms with Gasteiger partial charge >= 0.3 is 5.97 Å². The first kappa shape index (κ1) is 10.2. The molecule has 0 aromatic carbocycles. The van der Waals surface area contributed by atoms with E-state index in [1.807, 2.05) is 0 Å². The normalized spacial score (nSPS) is 21.9. The lowest BCUT2D eigenvalue weighted by molar-refractivity contribution is -0.131. The van der Waals surface area contributed by atoms with E-state index >= 15 is 0 Å². The molecular weight excluding hydrogens is 172 g/mol. The van der Waals surface area contributed by atoms with Crippen LogP contribution in [-0.4, -0.2) is 37.0 Å². The number of methoxy groups -OCH3 is 1. The van der Waals surface area contributed by atoms with Crippen molar-refractivity contribution in [1.82, 2.24) is 0 Å². The Hall–Kier alpha value is -0.870. The second-order valence-electron chi connectivity index (χ2n) is 3.05. The molecule has 4 heteroatoms. The minimum absolute atomic E-state index is 0.434. The van der Waals surface area contributed by atoms with Gasteiger partial charge in [0.1, 0.15) is 0 Å². The van der Waals surface area contributed by atoms with Crippen molar-refractivity contribution in [2.45, 2.75) is 18.4 Å². The third-order valence-corrected chi connectivity index (χ3v) is 2.28. The molecule has 0 aromatic rings. The molecule has 4 nitrogen and oxygen atoms in total. The van der Waals surface area contributed by atoms with Crippen LogP contribution in [0.15, 0.2) is 12.2 Å². The number of rotatable bonds is 3. The van der Waals surface area contributed by atoms with Crippen LogP contribution in [0, 0.1) is 0 Å². The number of carboxylic acid groups (broad SMARTS) is 1. The fourth-order valence-corrected chi connectivity index (χ4v) is 1.38. The summed E-state index contributed by atoms with van der Waals surface area (Å²) in [6, 6.07) is 0. The summed E-state index contributed by atoms with van der Waals surface area (Å²) in [4.78, 5) is 10.3. The molecule has 0 saturated carbocycles. The molecule has 0 spiro atoms. The van der Waals surface area contributed by atoms with Crippen molar-refractivity contribution in [3.8, 4) is 0 Å². The smallest absolute Gasteiger partial charge is 0.328 e. The largest absolute Gasteiger partial charge is 0.478 e. The van der Waals surface area contributed by atoms with Crippen molar-refractivity contribution < 1.29 is 19.4 Å². The molecule has 1 N–H and O–H groups in total. The van der Waals surface area contributed by atoms with Gasteiger partial charge in [-0.2, -0.15) is 0 Å². The van der Waals surface area contributed by atoms with Crippen LogP contribution in [0.3, 0.4) is 0 Å². The van der Waals surface area contributed by atoms with E-state index in [1.54, 1.807) is 13.2 Å². The maximum absolute atomic E-state index is 10.3. The molecule has 74 valence electrons. The van der Waals surface area contributed by atoms with Crippen molar-refractivity contribution in [3.63, 3.8) is 0 Å². The van der Waals surface area contributed by atoms with E-state index in [1.165, 1.54) is 0 Å². The second kappa shape index (κ2) is 4.39. The molecule has 0 atom stereocenters. The van der Waals surface area contributed by atoms with Crippen LogP contribution in [0.4, 0.5) is 0 Å². The number of hydrogen-bond acceptors (Lipinski definition) is 3. The Morgan fingerprint density at radius 3 is 2.62 bits per heavy atom. The van der Waals surface area contributed by atoms with E-state index in [0.717, 1.165) is 6.08 Å².